The number of rotatable bonds is 9. The van der Waals surface area contributed by atoms with Gasteiger partial charge in [-0.2, -0.15) is 5.10 Å². The zero-order chi connectivity index (χ0) is 18.2. The topological polar surface area (TPSA) is 101 Å². The van der Waals surface area contributed by atoms with Crippen LogP contribution in [0.1, 0.15) is 35.3 Å². The third-order valence-corrected chi connectivity index (χ3v) is 3.94. The Labute approximate surface area is 151 Å². The monoisotopic (exact) mass is 352 g/mol. The van der Waals surface area contributed by atoms with Gasteiger partial charge in [0.1, 0.15) is 11.4 Å². The van der Waals surface area contributed by atoms with Crippen molar-refractivity contribution in [3.05, 3.63) is 60.2 Å². The standard InChI is InChI=1S/C19H20N4O3/c24-19(25)18-7-5-14(12-20-18)4-2-1-3-11-26-15-6-8-16(21-13-15)17-9-10-22-23-17/h5-10,12-13H,1-4,11H2,(H,22,23)(H,24,25). The second kappa shape index (κ2) is 8.75. The first kappa shape index (κ1) is 17.6. The molecule has 7 nitrogen and oxygen atoms in total. The van der Waals surface area contributed by atoms with E-state index in [1.165, 1.54) is 0 Å². The number of ether oxygens (including phenoxy) is 1. The predicted octanol–water partition coefficient (Wildman–Crippen LogP) is 3.36. The molecule has 0 amide bonds. The van der Waals surface area contributed by atoms with Gasteiger partial charge in [-0.05, 0) is 55.5 Å². The second-order valence-electron chi connectivity index (χ2n) is 5.87. The lowest BCUT2D eigenvalue weighted by molar-refractivity contribution is 0.0690. The van der Waals surface area contributed by atoms with Gasteiger partial charge in [-0.3, -0.25) is 10.1 Å². The van der Waals surface area contributed by atoms with Crippen LogP contribution in [0.25, 0.3) is 11.4 Å². The van der Waals surface area contributed by atoms with Crippen LogP contribution >= 0.6 is 0 Å². The normalized spacial score (nSPS) is 10.6. The lowest BCUT2D eigenvalue weighted by atomic mass is 10.1. The summed E-state index contributed by atoms with van der Waals surface area (Å²) in [6, 6.07) is 9.03. The van der Waals surface area contributed by atoms with Crippen LogP contribution < -0.4 is 4.74 Å². The van der Waals surface area contributed by atoms with Crippen LogP contribution in [-0.2, 0) is 6.42 Å². The SMILES string of the molecule is O=C(O)c1ccc(CCCCCOc2ccc(-c3ccn[nH]3)nc2)cn1. The summed E-state index contributed by atoms with van der Waals surface area (Å²) in [6.07, 6.45) is 8.90. The molecule has 0 spiro atoms. The van der Waals surface area contributed by atoms with Crippen LogP contribution in [-0.4, -0.2) is 37.8 Å². The van der Waals surface area contributed by atoms with Gasteiger partial charge in [0.15, 0.2) is 0 Å². The number of hydrogen-bond acceptors (Lipinski definition) is 5. The van der Waals surface area contributed by atoms with E-state index in [-0.39, 0.29) is 5.69 Å². The second-order valence-corrected chi connectivity index (χ2v) is 5.87. The van der Waals surface area contributed by atoms with Gasteiger partial charge in [0.25, 0.3) is 0 Å². The van der Waals surface area contributed by atoms with Crippen LogP contribution in [0, 0.1) is 0 Å². The molecular weight excluding hydrogens is 332 g/mol. The first-order valence-electron chi connectivity index (χ1n) is 8.49. The first-order valence-corrected chi connectivity index (χ1v) is 8.49. The van der Waals surface area contributed by atoms with E-state index < -0.39 is 5.97 Å². The quantitative estimate of drug-likeness (QED) is 0.573. The van der Waals surface area contributed by atoms with Gasteiger partial charge >= 0.3 is 5.97 Å². The summed E-state index contributed by atoms with van der Waals surface area (Å²) in [6.45, 7) is 0.640. The van der Waals surface area contributed by atoms with E-state index in [2.05, 4.69) is 20.2 Å². The van der Waals surface area contributed by atoms with Gasteiger partial charge in [-0.25, -0.2) is 9.78 Å². The van der Waals surface area contributed by atoms with Crippen molar-refractivity contribution in [1.82, 2.24) is 20.2 Å². The summed E-state index contributed by atoms with van der Waals surface area (Å²) in [5, 5.41) is 15.6. The summed E-state index contributed by atoms with van der Waals surface area (Å²) in [7, 11) is 0. The largest absolute Gasteiger partial charge is 0.492 e. The Kier molecular flexibility index (Phi) is 5.92. The van der Waals surface area contributed by atoms with Gasteiger partial charge in [-0.15, -0.1) is 0 Å². The van der Waals surface area contributed by atoms with Crippen LogP contribution in [0.4, 0.5) is 0 Å². The minimum absolute atomic E-state index is 0.0781. The van der Waals surface area contributed by atoms with E-state index in [0.29, 0.717) is 6.61 Å². The molecule has 3 rings (SSSR count). The maximum Gasteiger partial charge on any atom is 0.354 e. The number of aryl methyl sites for hydroxylation is 1. The molecule has 0 fully saturated rings. The Morgan fingerprint density at radius 1 is 1.04 bits per heavy atom. The molecule has 26 heavy (non-hydrogen) atoms. The Bertz CT molecular complexity index is 815. The molecule has 3 aromatic heterocycles. The van der Waals surface area contributed by atoms with E-state index in [9.17, 15) is 4.79 Å². The van der Waals surface area contributed by atoms with Gasteiger partial charge < -0.3 is 9.84 Å². The first-order chi connectivity index (χ1) is 12.7. The Balaban J connectivity index is 1.33. The summed E-state index contributed by atoms with van der Waals surface area (Å²) in [5.74, 6) is -0.248. The molecule has 0 saturated carbocycles. The smallest absolute Gasteiger partial charge is 0.354 e. The Morgan fingerprint density at radius 2 is 1.96 bits per heavy atom. The van der Waals surface area contributed by atoms with E-state index in [1.54, 1.807) is 24.7 Å². The van der Waals surface area contributed by atoms with Crippen molar-refractivity contribution in [1.29, 1.82) is 0 Å². The highest BCUT2D eigenvalue weighted by Crippen LogP contribution is 2.17. The maximum atomic E-state index is 10.8. The van der Waals surface area contributed by atoms with Gasteiger partial charge in [-0.1, -0.05) is 6.07 Å². The molecule has 0 aliphatic heterocycles. The fourth-order valence-corrected chi connectivity index (χ4v) is 2.52. The van der Waals surface area contributed by atoms with E-state index in [4.69, 9.17) is 9.84 Å². The number of aromatic nitrogens is 4. The number of hydrogen-bond donors (Lipinski definition) is 2. The van der Waals surface area contributed by atoms with Crippen molar-refractivity contribution >= 4 is 5.97 Å². The predicted molar refractivity (Wildman–Crippen MR) is 96.1 cm³/mol. The summed E-state index contributed by atoms with van der Waals surface area (Å²) < 4.78 is 5.71. The average Bonchev–Trinajstić information content (AvgIpc) is 3.20. The summed E-state index contributed by atoms with van der Waals surface area (Å²) in [5.41, 5.74) is 2.84. The zero-order valence-electron chi connectivity index (χ0n) is 14.3. The minimum Gasteiger partial charge on any atom is -0.492 e. The van der Waals surface area contributed by atoms with Crippen molar-refractivity contribution in [3.8, 4) is 17.1 Å². The number of carbonyl (C=O) groups is 1. The number of aromatic carboxylic acids is 1. The molecule has 0 aliphatic carbocycles. The van der Waals surface area contributed by atoms with Crippen LogP contribution in [0.5, 0.6) is 5.75 Å². The average molecular weight is 352 g/mol. The molecule has 2 N–H and O–H groups in total. The number of carboxylic acid groups (broad SMARTS) is 1. The van der Waals surface area contributed by atoms with Crippen molar-refractivity contribution in [2.75, 3.05) is 6.61 Å². The van der Waals surface area contributed by atoms with Crippen molar-refractivity contribution in [3.63, 3.8) is 0 Å². The van der Waals surface area contributed by atoms with Crippen LogP contribution in [0.15, 0.2) is 48.9 Å². The Morgan fingerprint density at radius 3 is 2.62 bits per heavy atom. The molecule has 0 bridgehead atoms. The molecule has 7 heteroatoms. The van der Waals surface area contributed by atoms with Crippen molar-refractivity contribution in [2.24, 2.45) is 0 Å². The third kappa shape index (κ3) is 4.89. The molecular formula is C19H20N4O3. The lowest BCUT2D eigenvalue weighted by Gasteiger charge is -2.06. The minimum atomic E-state index is -0.999. The van der Waals surface area contributed by atoms with E-state index in [1.807, 2.05) is 24.3 Å². The molecule has 0 aromatic carbocycles. The molecule has 0 unspecified atom stereocenters. The number of carboxylic acids is 1. The number of pyridine rings is 2. The number of aromatic amines is 1. The van der Waals surface area contributed by atoms with E-state index in [0.717, 1.165) is 48.4 Å². The fourth-order valence-electron chi connectivity index (χ4n) is 2.52. The molecule has 3 heterocycles. The Hall–Kier alpha value is -3.22. The number of nitrogens with zero attached hydrogens (tertiary/aromatic N) is 3. The molecule has 0 atom stereocenters. The van der Waals surface area contributed by atoms with Crippen LogP contribution in [0.2, 0.25) is 0 Å². The van der Waals surface area contributed by atoms with Crippen molar-refractivity contribution < 1.29 is 14.6 Å². The number of H-pyrrole nitrogens is 1. The molecule has 0 saturated heterocycles. The zero-order valence-corrected chi connectivity index (χ0v) is 14.3. The number of nitrogens with one attached hydrogen (secondary N) is 1. The summed E-state index contributed by atoms with van der Waals surface area (Å²) in [4.78, 5) is 19.0. The summed E-state index contributed by atoms with van der Waals surface area (Å²) >= 11 is 0. The van der Waals surface area contributed by atoms with Gasteiger partial charge in [0.2, 0.25) is 0 Å². The molecule has 0 radical (unpaired) electrons. The maximum absolute atomic E-state index is 10.8. The highest BCUT2D eigenvalue weighted by molar-refractivity contribution is 5.85. The lowest BCUT2D eigenvalue weighted by Crippen LogP contribution is -2.01. The molecule has 134 valence electrons. The highest BCUT2D eigenvalue weighted by Gasteiger charge is 2.04. The van der Waals surface area contributed by atoms with Crippen molar-refractivity contribution in [2.45, 2.75) is 25.7 Å². The molecule has 0 aliphatic rings. The fraction of sp³-hybridized carbons (Fsp3) is 0.263. The van der Waals surface area contributed by atoms with Gasteiger partial charge in [0, 0.05) is 12.4 Å². The van der Waals surface area contributed by atoms with E-state index >= 15 is 0 Å². The highest BCUT2D eigenvalue weighted by atomic mass is 16.5. The third-order valence-electron chi connectivity index (χ3n) is 3.94. The number of unbranched alkanes of at least 4 members (excludes halogenated alkanes) is 2. The van der Waals surface area contributed by atoms with Gasteiger partial charge in [0.05, 0.1) is 24.2 Å². The van der Waals surface area contributed by atoms with Crippen LogP contribution in [0.3, 0.4) is 0 Å². The molecule has 3 aromatic rings.